The van der Waals surface area contributed by atoms with Crippen molar-refractivity contribution in [2.24, 2.45) is 16.6 Å². The lowest BCUT2D eigenvalue weighted by Crippen LogP contribution is -2.12. The molecule has 0 aromatic carbocycles. The van der Waals surface area contributed by atoms with Crippen LogP contribution in [0.25, 0.3) is 0 Å². The summed E-state index contributed by atoms with van der Waals surface area (Å²) in [6, 6.07) is 0. The Hall–Kier alpha value is 0.0300. The number of unbranched alkanes of at least 4 members (excludes halogenated alkanes) is 2. The molecule has 4 heteroatoms. The van der Waals surface area contributed by atoms with Gasteiger partial charge in [-0.3, -0.25) is 4.57 Å². The van der Waals surface area contributed by atoms with Crippen molar-refractivity contribution in [2.75, 3.05) is 12.3 Å². The van der Waals surface area contributed by atoms with Gasteiger partial charge in [0, 0.05) is 12.3 Å². The van der Waals surface area contributed by atoms with Crippen LogP contribution in [0, 0.1) is 11.8 Å². The minimum Gasteiger partial charge on any atom is -0.298 e. The Labute approximate surface area is 137 Å². The highest BCUT2D eigenvalue weighted by Gasteiger charge is 2.28. The van der Waals surface area contributed by atoms with Crippen LogP contribution in [0.5, 0.6) is 0 Å². The molecule has 0 aromatic rings. The SMILES string of the molecule is CCCCC(CC)CP(=O)(CC(CC)CCCC)N=C=S. The molecule has 0 saturated carbocycles. The third-order valence-electron chi connectivity index (χ3n) is 4.40. The van der Waals surface area contributed by atoms with E-state index in [2.05, 4.69) is 37.6 Å². The van der Waals surface area contributed by atoms with E-state index in [1.165, 1.54) is 25.7 Å². The molecule has 0 aliphatic heterocycles. The maximum absolute atomic E-state index is 13.2. The highest BCUT2D eigenvalue weighted by atomic mass is 32.1. The van der Waals surface area contributed by atoms with Crippen LogP contribution in [-0.2, 0) is 4.57 Å². The van der Waals surface area contributed by atoms with E-state index in [1.807, 2.05) is 0 Å². The summed E-state index contributed by atoms with van der Waals surface area (Å²) in [5, 5.41) is 2.42. The lowest BCUT2D eigenvalue weighted by Gasteiger charge is -2.23. The Morgan fingerprint density at radius 1 is 0.952 bits per heavy atom. The number of isothiocyanates is 1. The second-order valence-corrected chi connectivity index (χ2v) is 9.04. The van der Waals surface area contributed by atoms with Crippen LogP contribution in [0.3, 0.4) is 0 Å². The van der Waals surface area contributed by atoms with Gasteiger partial charge in [0.1, 0.15) is 0 Å². The first-order chi connectivity index (χ1) is 10.0. The number of hydrogen-bond acceptors (Lipinski definition) is 2. The highest BCUT2D eigenvalue weighted by molar-refractivity contribution is 7.78. The third-order valence-corrected chi connectivity index (χ3v) is 7.26. The Morgan fingerprint density at radius 3 is 1.67 bits per heavy atom. The van der Waals surface area contributed by atoms with Gasteiger partial charge in [-0.15, -0.1) is 0 Å². The molecule has 2 unspecified atom stereocenters. The zero-order chi connectivity index (χ0) is 16.1. The molecule has 0 rings (SSSR count). The highest BCUT2D eigenvalue weighted by Crippen LogP contribution is 2.52. The summed E-state index contributed by atoms with van der Waals surface area (Å²) >= 11 is 4.76. The van der Waals surface area contributed by atoms with Crippen molar-refractivity contribution >= 4 is 24.7 Å². The van der Waals surface area contributed by atoms with E-state index in [0.717, 1.165) is 38.0 Å². The molecule has 0 heterocycles. The van der Waals surface area contributed by atoms with Gasteiger partial charge in [-0.25, -0.2) is 0 Å². The monoisotopic (exact) mass is 331 g/mol. The molecule has 2 atom stereocenters. The molecule has 124 valence electrons. The van der Waals surface area contributed by atoms with Crippen molar-refractivity contribution in [3.8, 4) is 0 Å². The van der Waals surface area contributed by atoms with Crippen molar-refractivity contribution in [1.29, 1.82) is 0 Å². The molecule has 0 spiro atoms. The quantitative estimate of drug-likeness (QED) is 0.211. The van der Waals surface area contributed by atoms with Crippen molar-refractivity contribution < 1.29 is 4.57 Å². The van der Waals surface area contributed by atoms with Crippen LogP contribution >= 0.6 is 19.5 Å². The number of hydrogen-bond donors (Lipinski definition) is 0. The minimum absolute atomic E-state index is 0.520. The molecule has 21 heavy (non-hydrogen) atoms. The number of rotatable bonds is 13. The summed E-state index contributed by atoms with van der Waals surface area (Å²) in [7, 11) is -2.54. The third kappa shape index (κ3) is 9.61. The lowest BCUT2D eigenvalue weighted by atomic mass is 10.0. The zero-order valence-electron chi connectivity index (χ0n) is 14.4. The largest absolute Gasteiger partial charge is 0.298 e. The Balaban J connectivity index is 4.79. The van der Waals surface area contributed by atoms with Gasteiger partial charge in [0.15, 0.2) is 7.29 Å². The first-order valence-electron chi connectivity index (χ1n) is 8.72. The van der Waals surface area contributed by atoms with Crippen molar-refractivity contribution in [3.05, 3.63) is 0 Å². The zero-order valence-corrected chi connectivity index (χ0v) is 16.1. The Kier molecular flexibility index (Phi) is 12.6. The van der Waals surface area contributed by atoms with Crippen molar-refractivity contribution in [3.63, 3.8) is 0 Å². The molecule has 0 saturated heterocycles. The van der Waals surface area contributed by atoms with Crippen LogP contribution in [0.1, 0.15) is 79.1 Å². The normalized spacial score (nSPS) is 16.8. The fourth-order valence-electron chi connectivity index (χ4n) is 2.87. The van der Waals surface area contributed by atoms with Crippen LogP contribution in [0.15, 0.2) is 4.76 Å². The summed E-state index contributed by atoms with van der Waals surface area (Å²) in [5.41, 5.74) is 0. The first kappa shape index (κ1) is 21.0. The average Bonchev–Trinajstić information content (AvgIpc) is 2.48. The summed E-state index contributed by atoms with van der Waals surface area (Å²) in [4.78, 5) is 0. The molecular weight excluding hydrogens is 297 g/mol. The smallest absolute Gasteiger partial charge is 0.200 e. The molecule has 0 amide bonds. The fraction of sp³-hybridized carbons (Fsp3) is 0.941. The second kappa shape index (κ2) is 12.6. The first-order valence-corrected chi connectivity index (χ1v) is 11.2. The molecule has 0 aliphatic carbocycles. The maximum atomic E-state index is 13.2. The van der Waals surface area contributed by atoms with E-state index in [-0.39, 0.29) is 0 Å². The van der Waals surface area contributed by atoms with Crippen molar-refractivity contribution in [2.45, 2.75) is 79.1 Å². The van der Waals surface area contributed by atoms with E-state index >= 15 is 0 Å². The van der Waals surface area contributed by atoms with E-state index in [9.17, 15) is 4.57 Å². The molecular formula is C17H34NOPS. The van der Waals surface area contributed by atoms with Crippen LogP contribution in [-0.4, -0.2) is 17.5 Å². The second-order valence-electron chi connectivity index (χ2n) is 6.24. The maximum Gasteiger partial charge on any atom is 0.200 e. The van der Waals surface area contributed by atoms with Gasteiger partial charge in [-0.1, -0.05) is 66.2 Å². The number of thiocarbonyl (C=S) groups is 1. The fourth-order valence-corrected chi connectivity index (χ4v) is 6.28. The van der Waals surface area contributed by atoms with Gasteiger partial charge in [-0.2, -0.15) is 4.76 Å². The van der Waals surface area contributed by atoms with Gasteiger partial charge in [-0.05, 0) is 36.9 Å². The van der Waals surface area contributed by atoms with Crippen LogP contribution in [0.4, 0.5) is 0 Å². The van der Waals surface area contributed by atoms with Gasteiger partial charge in [0.05, 0.1) is 5.16 Å². The van der Waals surface area contributed by atoms with Gasteiger partial charge in [0.25, 0.3) is 0 Å². The Bertz CT molecular complexity index is 331. The van der Waals surface area contributed by atoms with Gasteiger partial charge < -0.3 is 0 Å². The van der Waals surface area contributed by atoms with Crippen molar-refractivity contribution in [1.82, 2.24) is 0 Å². The van der Waals surface area contributed by atoms with Gasteiger partial charge >= 0.3 is 0 Å². The van der Waals surface area contributed by atoms with E-state index < -0.39 is 7.29 Å². The summed E-state index contributed by atoms with van der Waals surface area (Å²) in [5.74, 6) is 1.04. The van der Waals surface area contributed by atoms with Crippen LogP contribution in [0.2, 0.25) is 0 Å². The predicted octanol–water partition coefficient (Wildman–Crippen LogP) is 6.80. The average molecular weight is 332 g/mol. The Morgan fingerprint density at radius 2 is 1.38 bits per heavy atom. The number of nitrogens with zero attached hydrogens (tertiary/aromatic N) is 1. The predicted molar refractivity (Wildman–Crippen MR) is 99.0 cm³/mol. The topological polar surface area (TPSA) is 29.4 Å². The van der Waals surface area contributed by atoms with E-state index in [1.54, 1.807) is 0 Å². The molecule has 0 N–H and O–H groups in total. The standard InChI is InChI=1S/C17H34NOPS/c1-5-9-11-16(7-3)13-20(19,18-15-21)14-17(8-4)12-10-6-2/h16-17H,5-14H2,1-4H3. The summed E-state index contributed by atoms with van der Waals surface area (Å²) in [6.07, 6.45) is 10.8. The van der Waals surface area contributed by atoms with E-state index in [0.29, 0.717) is 11.8 Å². The molecule has 0 aliphatic rings. The molecule has 0 radical (unpaired) electrons. The summed E-state index contributed by atoms with van der Waals surface area (Å²) in [6.45, 7) is 8.80. The molecule has 2 nitrogen and oxygen atoms in total. The summed E-state index contributed by atoms with van der Waals surface area (Å²) < 4.78 is 17.4. The van der Waals surface area contributed by atoms with E-state index in [4.69, 9.17) is 12.2 Å². The lowest BCUT2D eigenvalue weighted by molar-refractivity contribution is 0.463. The van der Waals surface area contributed by atoms with Crippen LogP contribution < -0.4 is 0 Å². The van der Waals surface area contributed by atoms with Gasteiger partial charge in [0.2, 0.25) is 0 Å². The molecule has 0 fully saturated rings. The molecule has 0 bridgehead atoms. The minimum atomic E-state index is -2.54. The molecule has 0 aromatic heterocycles.